The molecule has 2 nitrogen and oxygen atoms in total. The standard InChI is InChI=1S/C6H12F2O2Si/c1-10-5(9)4-11(2,3)6(7)8/h6H,4H2,1-3H3. The van der Waals surface area contributed by atoms with Crippen molar-refractivity contribution in [3.05, 3.63) is 0 Å². The number of hydrogen-bond acceptors (Lipinski definition) is 2. The van der Waals surface area contributed by atoms with Crippen molar-refractivity contribution in [2.24, 2.45) is 0 Å². The number of esters is 1. The summed E-state index contributed by atoms with van der Waals surface area (Å²) in [5.74, 6) is -0.540. The highest BCUT2D eigenvalue weighted by Crippen LogP contribution is 2.18. The normalized spacial score (nSPS) is 11.8. The SMILES string of the molecule is COC(=O)C[Si](C)(C)C(F)F. The second-order valence-electron chi connectivity index (χ2n) is 3.04. The molecule has 66 valence electrons. The van der Waals surface area contributed by atoms with Crippen molar-refractivity contribution in [2.75, 3.05) is 7.11 Å². The fourth-order valence-electron chi connectivity index (χ4n) is 0.521. The topological polar surface area (TPSA) is 26.3 Å². The van der Waals surface area contributed by atoms with Gasteiger partial charge in [0.15, 0.2) is 0 Å². The molecule has 0 aliphatic carbocycles. The van der Waals surface area contributed by atoms with E-state index in [1.54, 1.807) is 0 Å². The maximum atomic E-state index is 12.2. The monoisotopic (exact) mass is 182 g/mol. The van der Waals surface area contributed by atoms with Crippen LogP contribution in [-0.4, -0.2) is 27.2 Å². The first-order valence-corrected chi connectivity index (χ1v) is 6.53. The molecule has 0 bridgehead atoms. The third kappa shape index (κ3) is 3.45. The van der Waals surface area contributed by atoms with Crippen LogP contribution in [0.2, 0.25) is 19.1 Å². The second kappa shape index (κ2) is 3.80. The van der Waals surface area contributed by atoms with Gasteiger partial charge in [-0.25, -0.2) is 8.78 Å². The van der Waals surface area contributed by atoms with Crippen LogP contribution in [0.3, 0.4) is 0 Å². The number of rotatable bonds is 3. The van der Waals surface area contributed by atoms with E-state index in [-0.39, 0.29) is 6.04 Å². The Labute approximate surface area is 65.6 Å². The number of carbonyl (C=O) groups is 1. The number of hydrogen-bond donors (Lipinski definition) is 0. The third-order valence-corrected chi connectivity index (χ3v) is 3.80. The quantitative estimate of drug-likeness (QED) is 0.490. The molecule has 0 atom stereocenters. The van der Waals surface area contributed by atoms with Gasteiger partial charge in [-0.15, -0.1) is 0 Å². The minimum Gasteiger partial charge on any atom is -0.469 e. The van der Waals surface area contributed by atoms with Gasteiger partial charge in [0.1, 0.15) is 8.07 Å². The van der Waals surface area contributed by atoms with Crippen molar-refractivity contribution >= 4 is 14.0 Å². The van der Waals surface area contributed by atoms with E-state index in [9.17, 15) is 13.6 Å². The zero-order valence-corrected chi connectivity index (χ0v) is 7.86. The molecule has 0 N–H and O–H groups in total. The van der Waals surface area contributed by atoms with Gasteiger partial charge in [0, 0.05) is 6.04 Å². The van der Waals surface area contributed by atoms with Gasteiger partial charge in [0.2, 0.25) is 6.05 Å². The largest absolute Gasteiger partial charge is 0.469 e. The fourth-order valence-corrected chi connectivity index (χ4v) is 1.56. The molecule has 0 aliphatic heterocycles. The van der Waals surface area contributed by atoms with Crippen molar-refractivity contribution in [1.29, 1.82) is 0 Å². The Morgan fingerprint density at radius 1 is 1.55 bits per heavy atom. The van der Waals surface area contributed by atoms with E-state index in [0.717, 1.165) is 0 Å². The first-order valence-electron chi connectivity index (χ1n) is 3.25. The van der Waals surface area contributed by atoms with Crippen LogP contribution in [0.1, 0.15) is 0 Å². The fraction of sp³-hybridized carbons (Fsp3) is 0.833. The van der Waals surface area contributed by atoms with Crippen LogP contribution in [0.25, 0.3) is 0 Å². The first kappa shape index (κ1) is 10.5. The summed E-state index contributed by atoms with van der Waals surface area (Å²) >= 11 is 0. The molecule has 0 saturated carbocycles. The summed E-state index contributed by atoms with van der Waals surface area (Å²) in [6.07, 6.45) is 0. The van der Waals surface area contributed by atoms with Crippen molar-refractivity contribution in [3.8, 4) is 0 Å². The summed E-state index contributed by atoms with van der Waals surface area (Å²) in [4.78, 5) is 10.6. The summed E-state index contributed by atoms with van der Waals surface area (Å²) in [6.45, 7) is 2.93. The van der Waals surface area contributed by atoms with Crippen molar-refractivity contribution in [2.45, 2.75) is 25.2 Å². The lowest BCUT2D eigenvalue weighted by molar-refractivity contribution is -0.138. The van der Waals surface area contributed by atoms with E-state index >= 15 is 0 Å². The highest BCUT2D eigenvalue weighted by molar-refractivity contribution is 6.80. The summed E-state index contributed by atoms with van der Waals surface area (Å²) < 4.78 is 28.6. The van der Waals surface area contributed by atoms with E-state index in [4.69, 9.17) is 0 Å². The zero-order valence-electron chi connectivity index (χ0n) is 6.86. The predicted molar refractivity (Wildman–Crippen MR) is 40.3 cm³/mol. The molecule has 5 heteroatoms. The Balaban J connectivity index is 4.01. The molecular weight excluding hydrogens is 170 g/mol. The molecule has 0 aromatic carbocycles. The first-order chi connectivity index (χ1) is 4.90. The van der Waals surface area contributed by atoms with Gasteiger partial charge in [-0.05, 0) is 0 Å². The summed E-state index contributed by atoms with van der Waals surface area (Å²) in [7, 11) is -1.47. The van der Waals surface area contributed by atoms with Crippen LogP contribution < -0.4 is 0 Å². The summed E-state index contributed by atoms with van der Waals surface area (Å²) in [6, 6.07) is -2.47. The lowest BCUT2D eigenvalue weighted by Gasteiger charge is -2.18. The predicted octanol–water partition coefficient (Wildman–Crippen LogP) is 1.67. The highest BCUT2D eigenvalue weighted by Gasteiger charge is 2.35. The molecule has 0 amide bonds. The Morgan fingerprint density at radius 2 is 2.00 bits per heavy atom. The number of methoxy groups -OCH3 is 1. The van der Waals surface area contributed by atoms with Gasteiger partial charge >= 0.3 is 5.97 Å². The lowest BCUT2D eigenvalue weighted by atomic mass is 10.8. The van der Waals surface area contributed by atoms with Crippen molar-refractivity contribution in [3.63, 3.8) is 0 Å². The average molecular weight is 182 g/mol. The maximum absolute atomic E-state index is 12.2. The summed E-state index contributed by atoms with van der Waals surface area (Å²) in [5, 5.41) is 0. The minimum absolute atomic E-state index is 0.110. The third-order valence-electron chi connectivity index (χ3n) is 1.42. The number of halogens is 2. The van der Waals surface area contributed by atoms with Gasteiger partial charge in [-0.2, -0.15) is 0 Å². The zero-order chi connectivity index (χ0) is 9.07. The second-order valence-corrected chi connectivity index (χ2v) is 7.81. The highest BCUT2D eigenvalue weighted by atomic mass is 28.3. The molecule has 0 heterocycles. The Kier molecular flexibility index (Phi) is 3.64. The van der Waals surface area contributed by atoms with Crippen LogP contribution >= 0.6 is 0 Å². The number of ether oxygens (including phenoxy) is 1. The minimum atomic E-state index is -2.67. The van der Waals surface area contributed by atoms with Crippen LogP contribution in [0.4, 0.5) is 8.78 Å². The van der Waals surface area contributed by atoms with Crippen molar-refractivity contribution in [1.82, 2.24) is 0 Å². The van der Waals surface area contributed by atoms with E-state index < -0.39 is 20.1 Å². The Morgan fingerprint density at radius 3 is 2.27 bits per heavy atom. The smallest absolute Gasteiger partial charge is 0.303 e. The lowest BCUT2D eigenvalue weighted by Crippen LogP contribution is -2.38. The molecule has 0 spiro atoms. The average Bonchev–Trinajstić information content (AvgIpc) is 1.86. The van der Waals surface area contributed by atoms with E-state index in [1.165, 1.54) is 20.2 Å². The van der Waals surface area contributed by atoms with Crippen LogP contribution in [0.5, 0.6) is 0 Å². The molecule has 0 saturated heterocycles. The molecule has 0 aromatic heterocycles. The van der Waals surface area contributed by atoms with Crippen LogP contribution in [-0.2, 0) is 9.53 Å². The molecular formula is C6H12F2O2Si. The molecule has 0 rings (SSSR count). The Hall–Kier alpha value is -0.453. The molecule has 0 aliphatic rings. The van der Waals surface area contributed by atoms with E-state index in [0.29, 0.717) is 0 Å². The molecule has 0 unspecified atom stereocenters. The van der Waals surface area contributed by atoms with Gasteiger partial charge in [0.05, 0.1) is 7.11 Å². The maximum Gasteiger partial charge on any atom is 0.303 e. The van der Waals surface area contributed by atoms with E-state index in [2.05, 4.69) is 4.74 Å². The van der Waals surface area contributed by atoms with Crippen molar-refractivity contribution < 1.29 is 18.3 Å². The molecule has 0 fully saturated rings. The van der Waals surface area contributed by atoms with Gasteiger partial charge in [-0.3, -0.25) is 4.79 Å². The van der Waals surface area contributed by atoms with Gasteiger partial charge < -0.3 is 4.74 Å². The molecule has 0 radical (unpaired) electrons. The van der Waals surface area contributed by atoms with Gasteiger partial charge in [0.25, 0.3) is 0 Å². The van der Waals surface area contributed by atoms with E-state index in [1.807, 2.05) is 0 Å². The van der Waals surface area contributed by atoms with Crippen LogP contribution in [0.15, 0.2) is 0 Å². The Bertz CT molecular complexity index is 148. The molecule has 0 aromatic rings. The number of carbonyl (C=O) groups excluding carboxylic acids is 1. The van der Waals surface area contributed by atoms with Gasteiger partial charge in [-0.1, -0.05) is 13.1 Å². The summed E-state index contributed by atoms with van der Waals surface area (Å²) in [5.41, 5.74) is 0. The molecule has 11 heavy (non-hydrogen) atoms. The van der Waals surface area contributed by atoms with Crippen LogP contribution in [0, 0.1) is 0 Å². The number of alkyl halides is 2.